The molecule has 6 atom stereocenters. The number of esters is 4. The zero-order valence-electron chi connectivity index (χ0n) is 76.6. The highest BCUT2D eigenvalue weighted by molar-refractivity contribution is 8.01. The molecule has 0 heterocycles. The number of thioether (sulfide) groups is 4. The minimum Gasteiger partial charge on any atom is -0.480 e. The van der Waals surface area contributed by atoms with Gasteiger partial charge >= 0.3 is 29.8 Å². The van der Waals surface area contributed by atoms with Crippen molar-refractivity contribution in [1.29, 1.82) is 0 Å². The van der Waals surface area contributed by atoms with Gasteiger partial charge in [-0.1, -0.05) is 332 Å². The summed E-state index contributed by atoms with van der Waals surface area (Å²) in [5.41, 5.74) is 17.4. The number of nitrogens with two attached hydrogens (primary N) is 2. The number of carbonyl (C=O) groups excluding carboxylic acids is 11. The van der Waals surface area contributed by atoms with Crippen LogP contribution in [-0.4, -0.2) is 148 Å². The van der Waals surface area contributed by atoms with Crippen molar-refractivity contribution in [3.05, 3.63) is 287 Å². The largest absolute Gasteiger partial charge is 0.480 e. The van der Waals surface area contributed by atoms with E-state index in [1.54, 1.807) is 150 Å². The zero-order chi connectivity index (χ0) is 95.4. The molecule has 0 saturated carbocycles. The van der Waals surface area contributed by atoms with E-state index in [1.807, 2.05) is 167 Å². The first-order chi connectivity index (χ1) is 60.3. The summed E-state index contributed by atoms with van der Waals surface area (Å²) in [6, 6.07) is 71.0. The van der Waals surface area contributed by atoms with E-state index in [1.165, 1.54) is 0 Å². The van der Waals surface area contributed by atoms with Crippen LogP contribution in [0.5, 0.6) is 0 Å². The molecule has 0 aliphatic rings. The van der Waals surface area contributed by atoms with E-state index in [0.29, 0.717) is 45.3 Å². The Morgan fingerprint density at radius 3 is 0.885 bits per heavy atom. The van der Waals surface area contributed by atoms with Gasteiger partial charge in [0.05, 0.1) is 36.4 Å². The lowest BCUT2D eigenvalue weighted by atomic mass is 9.93. The van der Waals surface area contributed by atoms with Crippen molar-refractivity contribution in [2.45, 2.75) is 208 Å². The van der Waals surface area contributed by atoms with Crippen molar-refractivity contribution < 1.29 is 81.6 Å². The fraction of sp³-hybridized carbons (Fsp3) is 0.417. The number of hydrogen-bond acceptors (Lipinski definition) is 22. The van der Waals surface area contributed by atoms with Crippen molar-refractivity contribution in [2.24, 2.45) is 41.1 Å². The molecule has 8 rings (SSSR count). The van der Waals surface area contributed by atoms with Crippen LogP contribution < -0.4 is 27.4 Å². The van der Waals surface area contributed by atoms with Gasteiger partial charge in [0.2, 0.25) is 0 Å². The number of Topliss-reactive ketones (excluding diaryl/α,β-unsaturated/α-hetero) is 3. The average Bonchev–Trinajstić information content (AvgIpc) is 0.847. The Kier molecular flexibility index (Phi) is 57.1. The van der Waals surface area contributed by atoms with Gasteiger partial charge in [0, 0.05) is 83.5 Å². The molecule has 0 aliphatic carbocycles. The third-order valence-corrected chi connectivity index (χ3v) is 23.7. The lowest BCUT2D eigenvalue weighted by molar-refractivity contribution is -0.151. The third-order valence-electron chi connectivity index (χ3n) is 17.8. The number of benzene rings is 8. The predicted molar refractivity (Wildman–Crippen MR) is 532 cm³/mol. The molecule has 0 spiro atoms. The van der Waals surface area contributed by atoms with Gasteiger partial charge in [-0.15, -0.1) is 0 Å². The third kappa shape index (κ3) is 54.5. The van der Waals surface area contributed by atoms with Crippen molar-refractivity contribution in [1.82, 2.24) is 16.0 Å². The molecule has 0 bridgehead atoms. The van der Waals surface area contributed by atoms with E-state index >= 15 is 0 Å². The minimum absolute atomic E-state index is 0. The van der Waals surface area contributed by atoms with Crippen LogP contribution in [0, 0.1) is 29.6 Å². The molecule has 3 amide bonds. The minimum atomic E-state index is -1.05. The van der Waals surface area contributed by atoms with E-state index in [9.17, 15) is 57.5 Å². The SMILES string of the molecule is C.C.CC(C)(C)SC[C@H](CC(=O)CNC(=O)c1ccccc1)C(=O)OCc1ccccc1.CC(C)(C)SC[C@H](N)C(=O)OCc1ccccc1.CC(C)[C@H](N)C(=O)C[C@@H](CSC(C)(C)C)C(=O)OCc1ccccc1.CC(C)[C@H](NC(=O)c1ccccc1)C(=O)C[C@@H](CSC(C)(C)C)C(=O)OCc1ccccc1.O=C(Cl)c1ccccc1.O=C(O)CNC(=O)c1ccccc1. The Balaban J connectivity index is 0.000000809. The second-order valence-corrected chi connectivity index (χ2v) is 42.0. The lowest BCUT2D eigenvalue weighted by Crippen LogP contribution is -2.45. The normalized spacial score (nSPS) is 12.3. The number of carboxylic acid groups (broad SMARTS) is 1. The first-order valence-corrected chi connectivity index (χ1v) is 46.6. The van der Waals surface area contributed by atoms with Crippen LogP contribution in [0.2, 0.25) is 0 Å². The van der Waals surface area contributed by atoms with E-state index in [2.05, 4.69) is 99.0 Å². The fourth-order valence-corrected chi connectivity index (χ4v) is 14.5. The number of ether oxygens (including phenoxy) is 4. The number of aliphatic carboxylic acids is 1. The smallest absolute Gasteiger partial charge is 0.324 e. The monoisotopic (exact) mass is 1880 g/mol. The Bertz CT molecular complexity index is 4640. The Hall–Kier alpha value is -10.2. The van der Waals surface area contributed by atoms with E-state index in [4.69, 9.17) is 47.1 Å². The van der Waals surface area contributed by atoms with Crippen LogP contribution in [0.25, 0.3) is 0 Å². The molecular weight excluding hydrogens is 1740 g/mol. The fourth-order valence-electron chi connectivity index (χ4n) is 10.7. The number of halogens is 1. The van der Waals surface area contributed by atoms with E-state index < -0.39 is 53.1 Å². The van der Waals surface area contributed by atoms with Crippen LogP contribution >= 0.6 is 58.6 Å². The molecule has 22 nitrogen and oxygen atoms in total. The van der Waals surface area contributed by atoms with Crippen molar-refractivity contribution in [2.75, 3.05) is 36.1 Å². The van der Waals surface area contributed by atoms with Crippen LogP contribution in [-0.2, 0) is 83.7 Å². The number of hydrogen-bond donors (Lipinski definition) is 6. The summed E-state index contributed by atoms with van der Waals surface area (Å²) in [4.78, 5) is 144. The van der Waals surface area contributed by atoms with Crippen LogP contribution in [0.15, 0.2) is 243 Å². The standard InChI is InChI=1S/C27H35NO4S.C24H29NO4S.C20H31NO3S.C14H21NO2S.C9H9NO3.C7H5ClO.2CH4/c1-19(2)24(28-25(30)21-14-10-7-11-15-21)23(29)16-22(18-33-27(3,4)5)26(31)32-17-20-12-8-6-9-13-20;1-24(2,3)30-17-20(23(28)29-16-18-10-6-4-7-11-18)14-21(26)15-25-22(27)19-12-8-5-9-13-19;1-14(2)18(21)17(22)11-16(13-25-20(3,4)5)19(23)24-12-15-9-7-6-8-10-15;1-14(2,3)18-10-12(15)13(16)17-9-11-7-5-4-6-8-11;11-8(12)6-10-9(13)7-4-2-1-3-5-7;8-7(9)6-4-2-1-3-5-6;;/h6-15,19,22,24H,16-18H2,1-5H3,(H,28,30);4-13,20H,14-17H2,1-3H3,(H,25,27);6-10,14,16,18H,11-13,21H2,1-5H3;4-8,12H,9-10,15H2,1-3H3;1-5H,6H2,(H,10,13)(H,11,12);1-5H;2*1H4/t22-,24-;20-;16-,18-;12-;;;;/m0000..../s1. The first-order valence-electron chi connectivity index (χ1n) is 42.3. The van der Waals surface area contributed by atoms with Crippen LogP contribution in [0.1, 0.15) is 209 Å². The molecule has 130 heavy (non-hydrogen) atoms. The zero-order valence-corrected chi connectivity index (χ0v) is 80.6. The van der Waals surface area contributed by atoms with Crippen molar-refractivity contribution in [3.8, 4) is 0 Å². The Labute approximate surface area is 793 Å². The second kappa shape index (κ2) is 63.0. The molecule has 0 aromatic heterocycles. The van der Waals surface area contributed by atoms with Crippen molar-refractivity contribution >= 4 is 129 Å². The molecule has 27 heteroatoms. The molecule has 0 aliphatic heterocycles. The lowest BCUT2D eigenvalue weighted by Gasteiger charge is -2.25. The molecule has 0 saturated heterocycles. The molecule has 8 aromatic rings. The highest BCUT2D eigenvalue weighted by Gasteiger charge is 2.34. The number of rotatable bonds is 39. The molecule has 708 valence electrons. The van der Waals surface area contributed by atoms with Crippen LogP contribution in [0.3, 0.4) is 0 Å². The van der Waals surface area contributed by atoms with Gasteiger partial charge in [0.1, 0.15) is 39.0 Å². The van der Waals surface area contributed by atoms with Gasteiger partial charge in [0.15, 0.2) is 17.3 Å². The highest BCUT2D eigenvalue weighted by atomic mass is 35.5. The maximum atomic E-state index is 13.2. The number of amides is 3. The van der Waals surface area contributed by atoms with Gasteiger partial charge in [-0.3, -0.25) is 57.5 Å². The van der Waals surface area contributed by atoms with E-state index in [-0.39, 0.29) is 157 Å². The number of nitrogens with one attached hydrogen (secondary N) is 3. The summed E-state index contributed by atoms with van der Waals surface area (Å²) < 4.78 is 21.7. The summed E-state index contributed by atoms with van der Waals surface area (Å²) >= 11 is 11.7. The summed E-state index contributed by atoms with van der Waals surface area (Å²) in [7, 11) is 0. The quantitative estimate of drug-likeness (QED) is 0.0118. The van der Waals surface area contributed by atoms with Crippen molar-refractivity contribution in [3.63, 3.8) is 0 Å². The predicted octanol–water partition coefficient (Wildman–Crippen LogP) is 19.8. The molecule has 8 aromatic carbocycles. The summed E-state index contributed by atoms with van der Waals surface area (Å²) in [5, 5.41) is 15.6. The van der Waals surface area contributed by atoms with E-state index in [0.717, 1.165) is 22.3 Å². The molecule has 0 unspecified atom stereocenters. The maximum absolute atomic E-state index is 13.2. The number of carboxylic acids is 1. The van der Waals surface area contributed by atoms with Crippen LogP contribution in [0.4, 0.5) is 0 Å². The van der Waals surface area contributed by atoms with Gasteiger partial charge in [0.25, 0.3) is 23.0 Å². The van der Waals surface area contributed by atoms with Gasteiger partial charge in [-0.2, -0.15) is 47.0 Å². The molecule has 0 radical (unpaired) electrons. The number of carbonyl (C=O) groups is 12. The van der Waals surface area contributed by atoms with Gasteiger partial charge in [-0.05, 0) is 82.1 Å². The Morgan fingerprint density at radius 1 is 0.346 bits per heavy atom. The van der Waals surface area contributed by atoms with Gasteiger partial charge < -0.3 is 51.5 Å². The summed E-state index contributed by atoms with van der Waals surface area (Å²) in [6.07, 6.45) is 0.191. The highest BCUT2D eigenvalue weighted by Crippen LogP contribution is 2.32. The summed E-state index contributed by atoms with van der Waals surface area (Å²) in [6.45, 7) is 32.9. The van der Waals surface area contributed by atoms with Gasteiger partial charge in [-0.25, -0.2) is 0 Å². The second-order valence-electron chi connectivity index (χ2n) is 34.3. The average molecular weight is 1880 g/mol. The maximum Gasteiger partial charge on any atom is 0.324 e. The molecule has 8 N–H and O–H groups in total. The molecule has 0 fully saturated rings. The molecular formula is C103H138ClN5O17S4. The summed E-state index contributed by atoms with van der Waals surface area (Å²) in [5.74, 6) is -3.49. The Morgan fingerprint density at radius 2 is 0.608 bits per heavy atom. The first kappa shape index (κ1) is 118. The topological polar surface area (TPSA) is 350 Å². The number of ketones is 3.